The normalized spacial score (nSPS) is 11.7. The summed E-state index contributed by atoms with van der Waals surface area (Å²) >= 11 is 0. The first-order valence-electron chi connectivity index (χ1n) is 11.4. The molecule has 1 amide bonds. The van der Waals surface area contributed by atoms with Crippen LogP contribution < -0.4 is 25.3 Å². The molecule has 0 saturated carbocycles. The van der Waals surface area contributed by atoms with Gasteiger partial charge in [0.1, 0.15) is 17.9 Å². The molecule has 36 heavy (non-hydrogen) atoms. The smallest absolute Gasteiger partial charge is 0.339 e. The van der Waals surface area contributed by atoms with E-state index in [1.807, 2.05) is 0 Å². The third kappa shape index (κ3) is 6.14. The lowest BCUT2D eigenvalue weighted by atomic mass is 10.1. The van der Waals surface area contributed by atoms with Crippen LogP contribution in [-0.2, 0) is 4.74 Å². The second-order valence-corrected chi connectivity index (χ2v) is 8.19. The van der Waals surface area contributed by atoms with E-state index < -0.39 is 5.97 Å². The van der Waals surface area contributed by atoms with Crippen molar-refractivity contribution in [2.24, 2.45) is 0 Å². The van der Waals surface area contributed by atoms with Crippen molar-refractivity contribution in [3.8, 4) is 17.2 Å². The number of carbonyl (C=O) groups is 2. The van der Waals surface area contributed by atoms with Crippen LogP contribution >= 0.6 is 0 Å². The van der Waals surface area contributed by atoms with Gasteiger partial charge in [0.2, 0.25) is 0 Å². The Hall–Kier alpha value is -4.05. The van der Waals surface area contributed by atoms with Crippen LogP contribution in [0.25, 0.3) is 10.9 Å². The number of benzene rings is 2. The Balaban J connectivity index is 1.68. The number of nitrogens with one attached hydrogen (secondary N) is 1. The number of carbonyl (C=O) groups excluding carboxylic acids is 1. The second kappa shape index (κ2) is 12.1. The van der Waals surface area contributed by atoms with Gasteiger partial charge in [-0.2, -0.15) is 0 Å². The monoisotopic (exact) mass is 497 g/mol. The third-order valence-corrected chi connectivity index (χ3v) is 5.45. The summed E-state index contributed by atoms with van der Waals surface area (Å²) in [6.45, 7) is 4.57. The van der Waals surface area contributed by atoms with Crippen LogP contribution in [0, 0.1) is 6.92 Å². The molecule has 1 unspecified atom stereocenters. The van der Waals surface area contributed by atoms with E-state index in [1.165, 1.54) is 7.11 Å². The van der Waals surface area contributed by atoms with Crippen LogP contribution in [0.15, 0.2) is 36.4 Å². The lowest BCUT2D eigenvalue weighted by molar-refractivity contribution is 0.0696. The van der Waals surface area contributed by atoms with Crippen molar-refractivity contribution >= 4 is 28.5 Å². The van der Waals surface area contributed by atoms with E-state index >= 15 is 0 Å². The van der Waals surface area contributed by atoms with E-state index in [9.17, 15) is 14.7 Å². The molecule has 0 aliphatic rings. The minimum atomic E-state index is -1.16. The molecule has 2 aromatic carbocycles. The Morgan fingerprint density at radius 3 is 2.56 bits per heavy atom. The Morgan fingerprint density at radius 1 is 1.08 bits per heavy atom. The minimum absolute atomic E-state index is 0.0556. The molecule has 192 valence electrons. The highest BCUT2D eigenvalue weighted by molar-refractivity contribution is 6.06. The second-order valence-electron chi connectivity index (χ2n) is 8.19. The lowest BCUT2D eigenvalue weighted by Crippen LogP contribution is -2.36. The number of nitrogen functional groups attached to an aromatic ring is 1. The molecule has 3 aromatic rings. The quantitative estimate of drug-likeness (QED) is 0.321. The van der Waals surface area contributed by atoms with Crippen molar-refractivity contribution in [1.29, 1.82) is 0 Å². The number of carboxylic acid groups (broad SMARTS) is 1. The van der Waals surface area contributed by atoms with Crippen LogP contribution in [0.2, 0.25) is 0 Å². The number of aromatic nitrogens is 1. The molecule has 1 heterocycles. The number of aryl methyl sites for hydroxylation is 1. The van der Waals surface area contributed by atoms with Gasteiger partial charge in [-0.3, -0.25) is 9.78 Å². The molecular weight excluding hydrogens is 466 g/mol. The molecule has 4 N–H and O–H groups in total. The highest BCUT2D eigenvalue weighted by Crippen LogP contribution is 2.33. The van der Waals surface area contributed by atoms with Gasteiger partial charge in [0, 0.05) is 25.7 Å². The van der Waals surface area contributed by atoms with Gasteiger partial charge in [-0.1, -0.05) is 6.07 Å². The number of fused-ring (bicyclic) bond motifs is 1. The molecule has 0 saturated heterocycles. The third-order valence-electron chi connectivity index (χ3n) is 5.45. The Labute approximate surface area is 209 Å². The lowest BCUT2D eigenvalue weighted by Gasteiger charge is -2.18. The zero-order chi connectivity index (χ0) is 26.2. The van der Waals surface area contributed by atoms with Gasteiger partial charge in [-0.05, 0) is 44.2 Å². The highest BCUT2D eigenvalue weighted by Gasteiger charge is 2.20. The van der Waals surface area contributed by atoms with Crippen LogP contribution in [0.5, 0.6) is 17.2 Å². The minimum Gasteiger partial charge on any atom is -0.493 e. The number of carboxylic acids is 1. The number of anilines is 1. The topological polar surface area (TPSA) is 142 Å². The Kier molecular flexibility index (Phi) is 8.91. The summed E-state index contributed by atoms with van der Waals surface area (Å²) < 4.78 is 22.0. The molecule has 0 aliphatic carbocycles. The average Bonchev–Trinajstić information content (AvgIpc) is 2.84. The van der Waals surface area contributed by atoms with E-state index in [0.29, 0.717) is 52.6 Å². The zero-order valence-corrected chi connectivity index (χ0v) is 20.8. The van der Waals surface area contributed by atoms with Gasteiger partial charge >= 0.3 is 5.97 Å². The van der Waals surface area contributed by atoms with Crippen molar-refractivity contribution in [3.63, 3.8) is 0 Å². The van der Waals surface area contributed by atoms with Crippen LogP contribution in [0.1, 0.15) is 39.8 Å². The van der Waals surface area contributed by atoms with Crippen molar-refractivity contribution < 1.29 is 33.6 Å². The summed E-state index contributed by atoms with van der Waals surface area (Å²) in [4.78, 5) is 28.8. The number of nitrogens with two attached hydrogens (primary N) is 1. The Bertz CT molecular complexity index is 1250. The number of pyridine rings is 1. The number of ether oxygens (including phenoxy) is 4. The number of hydrogen-bond donors (Lipinski definition) is 3. The predicted molar refractivity (Wildman–Crippen MR) is 135 cm³/mol. The molecule has 3 rings (SSSR count). The average molecular weight is 498 g/mol. The van der Waals surface area contributed by atoms with Crippen molar-refractivity contribution in [2.75, 3.05) is 39.8 Å². The molecular formula is C26H31N3O7. The van der Waals surface area contributed by atoms with Crippen molar-refractivity contribution in [3.05, 3.63) is 53.2 Å². The van der Waals surface area contributed by atoms with Gasteiger partial charge in [-0.25, -0.2) is 4.79 Å². The number of nitrogens with zero attached hydrogens (tertiary/aromatic N) is 1. The summed E-state index contributed by atoms with van der Waals surface area (Å²) in [5.74, 6) is -0.0838. The Morgan fingerprint density at radius 2 is 1.86 bits per heavy atom. The first-order chi connectivity index (χ1) is 17.3. The van der Waals surface area contributed by atoms with E-state index in [4.69, 9.17) is 24.7 Å². The maximum Gasteiger partial charge on any atom is 0.339 e. The van der Waals surface area contributed by atoms with Crippen LogP contribution in [0.4, 0.5) is 5.69 Å². The molecule has 0 spiro atoms. The molecule has 0 fully saturated rings. The molecule has 0 bridgehead atoms. The molecule has 1 aromatic heterocycles. The zero-order valence-electron chi connectivity index (χ0n) is 20.8. The van der Waals surface area contributed by atoms with Crippen LogP contribution in [0.3, 0.4) is 0 Å². The standard InChI is InChI=1S/C26H31N3O7/c1-15(28-25(30)17-9-10-19(21(13-17)34-4)35-12-6-11-33-3)14-36-20-8-5-7-18-23(20)24(27)22(26(31)32)16(2)29-18/h5,7-10,13,15H,6,11-12,14H2,1-4H3,(H2,27,29)(H,28,30)(H,31,32). The van der Waals surface area contributed by atoms with Gasteiger partial charge in [0.25, 0.3) is 5.91 Å². The molecule has 1 atom stereocenters. The van der Waals surface area contributed by atoms with Crippen molar-refractivity contribution in [2.45, 2.75) is 26.3 Å². The number of rotatable bonds is 12. The first-order valence-corrected chi connectivity index (χ1v) is 11.4. The van der Waals surface area contributed by atoms with E-state index in [1.54, 1.807) is 57.4 Å². The number of amides is 1. The summed E-state index contributed by atoms with van der Waals surface area (Å²) in [5, 5.41) is 12.8. The van der Waals surface area contributed by atoms with Crippen molar-refractivity contribution in [1.82, 2.24) is 10.3 Å². The summed E-state index contributed by atoms with van der Waals surface area (Å²) in [6, 6.07) is 9.76. The fourth-order valence-corrected chi connectivity index (χ4v) is 3.71. The fraction of sp³-hybridized carbons (Fsp3) is 0.346. The van der Waals surface area contributed by atoms with E-state index in [2.05, 4.69) is 10.3 Å². The largest absolute Gasteiger partial charge is 0.493 e. The summed E-state index contributed by atoms with van der Waals surface area (Å²) in [6.07, 6.45) is 0.731. The fourth-order valence-electron chi connectivity index (χ4n) is 3.71. The van der Waals surface area contributed by atoms with E-state index in [-0.39, 0.29) is 29.8 Å². The first kappa shape index (κ1) is 26.6. The van der Waals surface area contributed by atoms with Crippen LogP contribution in [-0.4, -0.2) is 62.0 Å². The number of aromatic carboxylic acids is 1. The predicted octanol–water partition coefficient (Wildman–Crippen LogP) is 3.44. The molecule has 10 nitrogen and oxygen atoms in total. The summed E-state index contributed by atoms with van der Waals surface area (Å²) in [5.41, 5.74) is 7.47. The SMILES string of the molecule is COCCCOc1ccc(C(=O)NC(C)COc2cccc3nc(C)c(C(=O)O)c(N)c23)cc1OC. The maximum atomic E-state index is 12.8. The van der Waals surface area contributed by atoms with Gasteiger partial charge in [0.05, 0.1) is 42.0 Å². The summed E-state index contributed by atoms with van der Waals surface area (Å²) in [7, 11) is 3.14. The van der Waals surface area contributed by atoms with Gasteiger partial charge < -0.3 is 35.1 Å². The van der Waals surface area contributed by atoms with Gasteiger partial charge in [0.15, 0.2) is 11.5 Å². The molecule has 10 heteroatoms. The number of methoxy groups -OCH3 is 2. The maximum absolute atomic E-state index is 12.8. The highest BCUT2D eigenvalue weighted by atomic mass is 16.5. The van der Waals surface area contributed by atoms with Gasteiger partial charge in [-0.15, -0.1) is 0 Å². The molecule has 0 radical (unpaired) electrons. The number of hydrogen-bond acceptors (Lipinski definition) is 8. The van der Waals surface area contributed by atoms with E-state index in [0.717, 1.165) is 6.42 Å². The molecule has 0 aliphatic heterocycles.